The van der Waals surface area contributed by atoms with Gasteiger partial charge < -0.3 is 10.5 Å². The Bertz CT molecular complexity index is 543. The first-order valence-corrected chi connectivity index (χ1v) is 7.03. The van der Waals surface area contributed by atoms with Gasteiger partial charge in [-0.05, 0) is 55.5 Å². The number of rotatable bonds is 5. The summed E-state index contributed by atoms with van der Waals surface area (Å²) < 4.78 is 5.78. The van der Waals surface area contributed by atoms with Crippen molar-refractivity contribution in [2.45, 2.75) is 39.7 Å². The smallest absolute Gasteiger partial charge is 0.219 e. The molecule has 3 heteroatoms. The van der Waals surface area contributed by atoms with E-state index in [9.17, 15) is 0 Å². The van der Waals surface area contributed by atoms with Crippen molar-refractivity contribution in [1.82, 2.24) is 4.98 Å². The first-order chi connectivity index (χ1) is 9.56. The molecule has 0 saturated heterocycles. The molecule has 1 unspecified atom stereocenters. The van der Waals surface area contributed by atoms with E-state index < -0.39 is 0 Å². The molecule has 0 amide bonds. The largest absolute Gasteiger partial charge is 0.439 e. The van der Waals surface area contributed by atoms with Gasteiger partial charge in [-0.25, -0.2) is 4.98 Å². The van der Waals surface area contributed by atoms with E-state index in [1.165, 1.54) is 11.1 Å². The predicted octanol–water partition coefficient (Wildman–Crippen LogP) is 3.77. The third-order valence-electron chi connectivity index (χ3n) is 3.24. The molecule has 0 aliphatic carbocycles. The van der Waals surface area contributed by atoms with E-state index in [1.54, 1.807) is 0 Å². The standard InChI is InChI=1S/C17H22N2O/c1-4-15(18)10-14-5-6-17(19-11-14)20-16-8-12(2)7-13(3)9-16/h5-9,11,15H,4,10,18H2,1-3H3. The molecule has 20 heavy (non-hydrogen) atoms. The van der Waals surface area contributed by atoms with Crippen LogP contribution >= 0.6 is 0 Å². The molecule has 2 N–H and O–H groups in total. The van der Waals surface area contributed by atoms with Gasteiger partial charge in [-0.15, -0.1) is 0 Å². The Balaban J connectivity index is 2.06. The average Bonchev–Trinajstić information content (AvgIpc) is 2.39. The Kier molecular flexibility index (Phi) is 4.74. The first kappa shape index (κ1) is 14.5. The lowest BCUT2D eigenvalue weighted by Gasteiger charge is -2.10. The summed E-state index contributed by atoms with van der Waals surface area (Å²) in [5.41, 5.74) is 9.46. The summed E-state index contributed by atoms with van der Waals surface area (Å²) in [7, 11) is 0. The van der Waals surface area contributed by atoms with Gasteiger partial charge in [-0.3, -0.25) is 0 Å². The van der Waals surface area contributed by atoms with Crippen LogP contribution in [0.4, 0.5) is 0 Å². The maximum absolute atomic E-state index is 5.94. The van der Waals surface area contributed by atoms with Crippen LogP contribution in [0.3, 0.4) is 0 Å². The fourth-order valence-electron chi connectivity index (χ4n) is 2.15. The molecule has 2 aromatic rings. The number of pyridine rings is 1. The average molecular weight is 270 g/mol. The van der Waals surface area contributed by atoms with Gasteiger partial charge in [0.2, 0.25) is 5.88 Å². The van der Waals surface area contributed by atoms with Crippen LogP contribution in [-0.2, 0) is 6.42 Å². The van der Waals surface area contributed by atoms with Crippen molar-refractivity contribution in [3.8, 4) is 11.6 Å². The fourth-order valence-corrected chi connectivity index (χ4v) is 2.15. The summed E-state index contributed by atoms with van der Waals surface area (Å²) >= 11 is 0. The van der Waals surface area contributed by atoms with Crippen LogP contribution in [0.1, 0.15) is 30.0 Å². The minimum absolute atomic E-state index is 0.197. The van der Waals surface area contributed by atoms with Crippen LogP contribution in [0.25, 0.3) is 0 Å². The molecule has 0 spiro atoms. The second-order valence-corrected chi connectivity index (χ2v) is 5.30. The monoisotopic (exact) mass is 270 g/mol. The molecule has 0 fully saturated rings. The topological polar surface area (TPSA) is 48.1 Å². The zero-order valence-electron chi connectivity index (χ0n) is 12.4. The SMILES string of the molecule is CCC(N)Cc1ccc(Oc2cc(C)cc(C)c2)nc1. The van der Waals surface area contributed by atoms with E-state index >= 15 is 0 Å². The third-order valence-corrected chi connectivity index (χ3v) is 3.24. The van der Waals surface area contributed by atoms with Crippen LogP contribution in [0.5, 0.6) is 11.6 Å². The van der Waals surface area contributed by atoms with Crippen molar-refractivity contribution in [3.63, 3.8) is 0 Å². The quantitative estimate of drug-likeness (QED) is 0.899. The molecule has 0 bridgehead atoms. The zero-order valence-corrected chi connectivity index (χ0v) is 12.4. The van der Waals surface area contributed by atoms with Crippen LogP contribution in [0.15, 0.2) is 36.5 Å². The Morgan fingerprint density at radius 2 is 1.85 bits per heavy atom. The molecule has 1 aromatic carbocycles. The van der Waals surface area contributed by atoms with Gasteiger partial charge in [0.1, 0.15) is 5.75 Å². The van der Waals surface area contributed by atoms with Gasteiger partial charge in [0.15, 0.2) is 0 Å². The predicted molar refractivity (Wildman–Crippen MR) is 82.2 cm³/mol. The van der Waals surface area contributed by atoms with Crippen molar-refractivity contribution < 1.29 is 4.74 Å². The Hall–Kier alpha value is -1.87. The van der Waals surface area contributed by atoms with Crippen molar-refractivity contribution >= 4 is 0 Å². The Morgan fingerprint density at radius 3 is 2.40 bits per heavy atom. The van der Waals surface area contributed by atoms with E-state index in [1.807, 2.05) is 30.5 Å². The van der Waals surface area contributed by atoms with Gasteiger partial charge in [-0.1, -0.05) is 19.1 Å². The van der Waals surface area contributed by atoms with Crippen molar-refractivity contribution in [3.05, 3.63) is 53.2 Å². The number of aromatic nitrogens is 1. The molecular formula is C17H22N2O. The number of benzene rings is 1. The van der Waals surface area contributed by atoms with E-state index in [-0.39, 0.29) is 6.04 Å². The summed E-state index contributed by atoms with van der Waals surface area (Å²) in [6.45, 7) is 6.21. The number of aryl methyl sites for hydroxylation is 2. The minimum atomic E-state index is 0.197. The summed E-state index contributed by atoms with van der Waals surface area (Å²) in [6, 6.07) is 10.3. The number of hydrogen-bond donors (Lipinski definition) is 1. The van der Waals surface area contributed by atoms with E-state index in [4.69, 9.17) is 10.5 Å². The van der Waals surface area contributed by atoms with Crippen LogP contribution in [0, 0.1) is 13.8 Å². The number of nitrogens with zero attached hydrogens (tertiary/aromatic N) is 1. The molecular weight excluding hydrogens is 248 g/mol. The number of ether oxygens (including phenoxy) is 1. The molecule has 0 aliphatic heterocycles. The van der Waals surface area contributed by atoms with E-state index in [0.29, 0.717) is 5.88 Å². The zero-order chi connectivity index (χ0) is 14.5. The molecule has 0 saturated carbocycles. The van der Waals surface area contributed by atoms with Crippen LogP contribution < -0.4 is 10.5 Å². The molecule has 0 radical (unpaired) electrons. The highest BCUT2D eigenvalue weighted by Crippen LogP contribution is 2.22. The maximum atomic E-state index is 5.94. The third kappa shape index (κ3) is 4.07. The first-order valence-electron chi connectivity index (χ1n) is 7.03. The Labute approximate surface area is 120 Å². The number of hydrogen-bond acceptors (Lipinski definition) is 3. The summed E-state index contributed by atoms with van der Waals surface area (Å²) in [5, 5.41) is 0. The molecule has 2 rings (SSSR count). The summed E-state index contributed by atoms with van der Waals surface area (Å²) in [5.74, 6) is 1.44. The second-order valence-electron chi connectivity index (χ2n) is 5.30. The Morgan fingerprint density at radius 1 is 1.15 bits per heavy atom. The lowest BCUT2D eigenvalue weighted by Crippen LogP contribution is -2.21. The van der Waals surface area contributed by atoms with Crippen LogP contribution in [0.2, 0.25) is 0 Å². The maximum Gasteiger partial charge on any atom is 0.219 e. The fraction of sp³-hybridized carbons (Fsp3) is 0.353. The highest BCUT2D eigenvalue weighted by Gasteiger charge is 2.04. The molecule has 1 aromatic heterocycles. The lowest BCUT2D eigenvalue weighted by atomic mass is 10.1. The molecule has 3 nitrogen and oxygen atoms in total. The highest BCUT2D eigenvalue weighted by atomic mass is 16.5. The van der Waals surface area contributed by atoms with Gasteiger partial charge in [0.05, 0.1) is 0 Å². The van der Waals surface area contributed by atoms with Crippen LogP contribution in [-0.4, -0.2) is 11.0 Å². The lowest BCUT2D eigenvalue weighted by molar-refractivity contribution is 0.461. The van der Waals surface area contributed by atoms with E-state index in [2.05, 4.69) is 31.8 Å². The van der Waals surface area contributed by atoms with Gasteiger partial charge in [0.25, 0.3) is 0 Å². The second kappa shape index (κ2) is 6.53. The van der Waals surface area contributed by atoms with Crippen molar-refractivity contribution in [1.29, 1.82) is 0 Å². The molecule has 106 valence electrons. The number of nitrogens with two attached hydrogens (primary N) is 1. The van der Waals surface area contributed by atoms with E-state index in [0.717, 1.165) is 24.2 Å². The molecule has 0 aliphatic rings. The minimum Gasteiger partial charge on any atom is -0.439 e. The summed E-state index contributed by atoms with van der Waals surface area (Å²) in [6.07, 6.45) is 3.67. The van der Waals surface area contributed by atoms with Crippen molar-refractivity contribution in [2.24, 2.45) is 5.73 Å². The normalized spacial score (nSPS) is 12.2. The van der Waals surface area contributed by atoms with Gasteiger partial charge in [-0.2, -0.15) is 0 Å². The van der Waals surface area contributed by atoms with Gasteiger partial charge >= 0.3 is 0 Å². The summed E-state index contributed by atoms with van der Waals surface area (Å²) in [4.78, 5) is 4.34. The van der Waals surface area contributed by atoms with Crippen molar-refractivity contribution in [2.75, 3.05) is 0 Å². The molecule has 1 heterocycles. The molecule has 1 atom stereocenters. The van der Waals surface area contributed by atoms with Gasteiger partial charge in [0, 0.05) is 18.3 Å². The highest BCUT2D eigenvalue weighted by molar-refractivity contribution is 5.35.